The molecule has 146 valence electrons. The molecule has 0 fully saturated rings. The van der Waals surface area contributed by atoms with Gasteiger partial charge < -0.3 is 5.32 Å². The number of carbonyl (C=O) groups excluding carboxylic acids is 1. The minimum Gasteiger partial charge on any atom is -0.324 e. The summed E-state index contributed by atoms with van der Waals surface area (Å²) in [5, 5.41) is 2.46. The van der Waals surface area contributed by atoms with Crippen molar-refractivity contribution < 1.29 is 22.0 Å². The van der Waals surface area contributed by atoms with Crippen LogP contribution < -0.4 is 9.62 Å². The third-order valence-corrected chi connectivity index (χ3v) is 5.44. The Balaban J connectivity index is 2.40. The molecule has 1 atom stereocenters. The zero-order chi connectivity index (χ0) is 20.4. The molecule has 0 aliphatic carbocycles. The van der Waals surface area contributed by atoms with Crippen LogP contribution in [0.3, 0.4) is 0 Å². The van der Waals surface area contributed by atoms with Crippen LogP contribution >= 0.6 is 0 Å². The maximum Gasteiger partial charge on any atom is 0.248 e. The van der Waals surface area contributed by atoms with Crippen LogP contribution in [-0.2, 0) is 14.8 Å². The molecule has 0 spiro atoms. The Morgan fingerprint density at radius 2 is 1.74 bits per heavy atom. The maximum atomic E-state index is 13.4. The molecule has 1 amide bonds. The minimum absolute atomic E-state index is 0.0471. The number of carbonyl (C=O) groups is 1. The highest BCUT2D eigenvalue weighted by Crippen LogP contribution is 2.26. The summed E-state index contributed by atoms with van der Waals surface area (Å²) < 4.78 is 52.3. The number of sulfonamides is 1. The first-order valence-corrected chi connectivity index (χ1v) is 10.2. The van der Waals surface area contributed by atoms with Gasteiger partial charge in [0.25, 0.3) is 0 Å². The number of amides is 1. The third kappa shape index (κ3) is 4.82. The second-order valence-corrected chi connectivity index (χ2v) is 8.23. The Hall–Kier alpha value is -2.48. The van der Waals surface area contributed by atoms with Crippen molar-refractivity contribution in [1.29, 1.82) is 0 Å². The van der Waals surface area contributed by atoms with E-state index in [-0.39, 0.29) is 12.1 Å². The standard InChI is InChI=1S/C19H22F2N2O3S/c1-5-18(19(24)22-14-7-9-16(20)17(21)11-14)23(27(4,25)26)15-8-6-12(2)13(3)10-15/h6-11,18H,5H2,1-4H3,(H,22,24)/t18-/m1/s1. The molecule has 0 radical (unpaired) electrons. The van der Waals surface area contributed by atoms with Crippen molar-refractivity contribution in [3.05, 3.63) is 59.2 Å². The molecule has 5 nitrogen and oxygen atoms in total. The van der Waals surface area contributed by atoms with Gasteiger partial charge in [0, 0.05) is 11.8 Å². The molecule has 2 aromatic carbocycles. The molecule has 0 aliphatic rings. The van der Waals surface area contributed by atoms with E-state index in [0.717, 1.165) is 33.8 Å². The Morgan fingerprint density at radius 3 is 2.26 bits per heavy atom. The minimum atomic E-state index is -3.77. The number of aryl methyl sites for hydroxylation is 2. The highest BCUT2D eigenvalue weighted by molar-refractivity contribution is 7.92. The summed E-state index contributed by atoms with van der Waals surface area (Å²) in [6.07, 6.45) is 1.21. The fourth-order valence-electron chi connectivity index (χ4n) is 2.72. The molecule has 0 aromatic heterocycles. The first kappa shape index (κ1) is 20.8. The molecule has 8 heteroatoms. The first-order chi connectivity index (χ1) is 12.5. The smallest absolute Gasteiger partial charge is 0.248 e. The average molecular weight is 396 g/mol. The summed E-state index contributed by atoms with van der Waals surface area (Å²) in [5.41, 5.74) is 2.29. The summed E-state index contributed by atoms with van der Waals surface area (Å²) in [6.45, 7) is 5.42. The second-order valence-electron chi connectivity index (χ2n) is 6.37. The van der Waals surface area contributed by atoms with Crippen LogP contribution in [-0.4, -0.2) is 26.6 Å². The van der Waals surface area contributed by atoms with E-state index >= 15 is 0 Å². The molecule has 0 bridgehead atoms. The fourth-order valence-corrected chi connectivity index (χ4v) is 3.93. The Labute approximate surface area is 158 Å². The zero-order valence-electron chi connectivity index (χ0n) is 15.6. The van der Waals surface area contributed by atoms with E-state index in [4.69, 9.17) is 0 Å². The molecule has 1 N–H and O–H groups in total. The fraction of sp³-hybridized carbons (Fsp3) is 0.316. The number of hydrogen-bond acceptors (Lipinski definition) is 3. The Bertz CT molecular complexity index is 961. The molecular weight excluding hydrogens is 374 g/mol. The number of hydrogen-bond donors (Lipinski definition) is 1. The summed E-state index contributed by atoms with van der Waals surface area (Å²) in [5.74, 6) is -2.77. The number of anilines is 2. The van der Waals surface area contributed by atoms with Crippen LogP contribution in [0.15, 0.2) is 36.4 Å². The first-order valence-electron chi connectivity index (χ1n) is 8.37. The van der Waals surface area contributed by atoms with Crippen LogP contribution in [0.1, 0.15) is 24.5 Å². The monoisotopic (exact) mass is 396 g/mol. The highest BCUT2D eigenvalue weighted by atomic mass is 32.2. The van der Waals surface area contributed by atoms with E-state index in [9.17, 15) is 22.0 Å². The van der Waals surface area contributed by atoms with Gasteiger partial charge >= 0.3 is 0 Å². The van der Waals surface area contributed by atoms with Crippen LogP contribution in [0.4, 0.5) is 20.2 Å². The van der Waals surface area contributed by atoms with Gasteiger partial charge in [0.05, 0.1) is 11.9 Å². The molecule has 0 aliphatic heterocycles. The van der Waals surface area contributed by atoms with Crippen molar-refractivity contribution in [2.24, 2.45) is 0 Å². The molecule has 0 saturated carbocycles. The summed E-state index contributed by atoms with van der Waals surface area (Å²) in [7, 11) is -3.77. The molecule has 0 saturated heterocycles. The van der Waals surface area contributed by atoms with Gasteiger partial charge in [-0.1, -0.05) is 13.0 Å². The Morgan fingerprint density at radius 1 is 1.07 bits per heavy atom. The number of benzene rings is 2. The van der Waals surface area contributed by atoms with Gasteiger partial charge in [0.2, 0.25) is 15.9 Å². The van der Waals surface area contributed by atoms with Gasteiger partial charge in [-0.05, 0) is 55.7 Å². The van der Waals surface area contributed by atoms with Crippen LogP contribution in [0.2, 0.25) is 0 Å². The van der Waals surface area contributed by atoms with E-state index in [1.807, 2.05) is 13.8 Å². The second kappa shape index (κ2) is 8.04. The van der Waals surface area contributed by atoms with Gasteiger partial charge in [-0.15, -0.1) is 0 Å². The predicted molar refractivity (Wildman–Crippen MR) is 102 cm³/mol. The lowest BCUT2D eigenvalue weighted by molar-refractivity contribution is -0.117. The van der Waals surface area contributed by atoms with Crippen LogP contribution in [0, 0.1) is 25.5 Å². The topological polar surface area (TPSA) is 66.5 Å². The van der Waals surface area contributed by atoms with Gasteiger partial charge in [-0.2, -0.15) is 0 Å². The quantitative estimate of drug-likeness (QED) is 0.808. The maximum absolute atomic E-state index is 13.4. The van der Waals surface area contributed by atoms with Crippen molar-refractivity contribution in [1.82, 2.24) is 0 Å². The van der Waals surface area contributed by atoms with Crippen molar-refractivity contribution in [2.75, 3.05) is 15.9 Å². The highest BCUT2D eigenvalue weighted by Gasteiger charge is 2.31. The van der Waals surface area contributed by atoms with Crippen LogP contribution in [0.25, 0.3) is 0 Å². The molecular formula is C19H22F2N2O3S. The van der Waals surface area contributed by atoms with Crippen molar-refractivity contribution in [3.8, 4) is 0 Å². The molecule has 2 rings (SSSR count). The van der Waals surface area contributed by atoms with Gasteiger partial charge in [0.1, 0.15) is 6.04 Å². The number of rotatable bonds is 6. The third-order valence-electron chi connectivity index (χ3n) is 4.26. The molecule has 0 heterocycles. The largest absolute Gasteiger partial charge is 0.324 e. The SMILES string of the molecule is CC[C@H](C(=O)Nc1ccc(F)c(F)c1)N(c1ccc(C)c(C)c1)S(C)(=O)=O. The van der Waals surface area contributed by atoms with E-state index in [1.165, 1.54) is 6.07 Å². The van der Waals surface area contributed by atoms with Crippen molar-refractivity contribution in [3.63, 3.8) is 0 Å². The zero-order valence-corrected chi connectivity index (χ0v) is 16.4. The molecule has 2 aromatic rings. The van der Waals surface area contributed by atoms with E-state index in [0.29, 0.717) is 5.69 Å². The van der Waals surface area contributed by atoms with Crippen molar-refractivity contribution in [2.45, 2.75) is 33.2 Å². The lowest BCUT2D eigenvalue weighted by Gasteiger charge is -2.30. The normalized spacial score (nSPS) is 12.5. The lowest BCUT2D eigenvalue weighted by atomic mass is 10.1. The van der Waals surface area contributed by atoms with Gasteiger partial charge in [0.15, 0.2) is 11.6 Å². The summed E-state index contributed by atoms with van der Waals surface area (Å²) >= 11 is 0. The lowest BCUT2D eigenvalue weighted by Crippen LogP contribution is -2.47. The molecule has 0 unspecified atom stereocenters. The number of nitrogens with one attached hydrogen (secondary N) is 1. The van der Waals surface area contributed by atoms with Gasteiger partial charge in [-0.25, -0.2) is 17.2 Å². The van der Waals surface area contributed by atoms with Crippen LogP contribution in [0.5, 0.6) is 0 Å². The summed E-state index contributed by atoms with van der Waals surface area (Å²) in [6, 6.07) is 7.02. The van der Waals surface area contributed by atoms with E-state index < -0.39 is 33.6 Å². The average Bonchev–Trinajstić information content (AvgIpc) is 2.57. The van der Waals surface area contributed by atoms with E-state index in [1.54, 1.807) is 25.1 Å². The van der Waals surface area contributed by atoms with E-state index in [2.05, 4.69) is 5.32 Å². The van der Waals surface area contributed by atoms with Crippen molar-refractivity contribution >= 4 is 27.3 Å². The molecule has 27 heavy (non-hydrogen) atoms. The predicted octanol–water partition coefficient (Wildman–Crippen LogP) is 3.76. The number of nitrogens with zero attached hydrogens (tertiary/aromatic N) is 1. The Kier molecular flexibility index (Phi) is 6.20. The van der Waals surface area contributed by atoms with Gasteiger partial charge in [-0.3, -0.25) is 9.10 Å². The number of halogens is 2. The summed E-state index contributed by atoms with van der Waals surface area (Å²) in [4.78, 5) is 12.7.